The largest absolute Gasteiger partial charge is 0.481 e. The number of hydrogen-bond donors (Lipinski definition) is 2. The van der Waals surface area contributed by atoms with E-state index in [0.717, 1.165) is 25.7 Å². The topological polar surface area (TPSA) is 130 Å². The number of pyridine rings is 1. The smallest absolute Gasteiger partial charge is 0.270 e. The number of carbonyl (C=O) groups is 1. The molecular formula is C20H21N5O4. The molecule has 0 unspecified atom stereocenters. The molecule has 0 saturated heterocycles. The Bertz CT molecular complexity index is 931. The SMILES string of the molecule is COc1ccc(C(=O)NC2CCC(Nc3ccc([N+](=O)[O-])cc3C#N)CC2)cn1. The van der Waals surface area contributed by atoms with E-state index in [1.54, 1.807) is 18.2 Å². The van der Waals surface area contributed by atoms with Crippen molar-refractivity contribution in [2.24, 2.45) is 0 Å². The Labute approximate surface area is 167 Å². The highest BCUT2D eigenvalue weighted by Crippen LogP contribution is 2.26. The van der Waals surface area contributed by atoms with Crippen LogP contribution in [-0.4, -0.2) is 35.0 Å². The number of rotatable bonds is 6. The fraction of sp³-hybridized carbons (Fsp3) is 0.350. The number of nitro groups is 1. The van der Waals surface area contributed by atoms with Gasteiger partial charge in [-0.3, -0.25) is 14.9 Å². The fourth-order valence-electron chi connectivity index (χ4n) is 3.37. The second kappa shape index (κ2) is 9.01. The van der Waals surface area contributed by atoms with Gasteiger partial charge in [-0.15, -0.1) is 0 Å². The lowest BCUT2D eigenvalue weighted by molar-refractivity contribution is -0.384. The molecule has 9 heteroatoms. The van der Waals surface area contributed by atoms with Gasteiger partial charge in [-0.05, 0) is 37.8 Å². The highest BCUT2D eigenvalue weighted by molar-refractivity contribution is 5.94. The maximum absolute atomic E-state index is 12.4. The lowest BCUT2D eigenvalue weighted by atomic mass is 9.90. The minimum atomic E-state index is -0.517. The Hall–Kier alpha value is -3.67. The van der Waals surface area contributed by atoms with E-state index >= 15 is 0 Å². The van der Waals surface area contributed by atoms with Crippen molar-refractivity contribution in [3.8, 4) is 11.9 Å². The summed E-state index contributed by atoms with van der Waals surface area (Å²) in [5.41, 5.74) is 1.22. The predicted molar refractivity (Wildman–Crippen MR) is 106 cm³/mol. The van der Waals surface area contributed by atoms with Gasteiger partial charge in [-0.25, -0.2) is 4.98 Å². The number of nitrogens with zero attached hydrogens (tertiary/aromatic N) is 3. The molecule has 1 saturated carbocycles. The first-order valence-corrected chi connectivity index (χ1v) is 9.26. The van der Waals surface area contributed by atoms with Crippen molar-refractivity contribution in [1.29, 1.82) is 5.26 Å². The van der Waals surface area contributed by atoms with Crippen LogP contribution in [-0.2, 0) is 0 Å². The van der Waals surface area contributed by atoms with Gasteiger partial charge in [0.15, 0.2) is 0 Å². The fourth-order valence-corrected chi connectivity index (χ4v) is 3.37. The summed E-state index contributed by atoms with van der Waals surface area (Å²) in [4.78, 5) is 26.7. The molecule has 1 fully saturated rings. The quantitative estimate of drug-likeness (QED) is 0.568. The Morgan fingerprint density at radius 1 is 1.24 bits per heavy atom. The molecule has 1 aliphatic carbocycles. The van der Waals surface area contributed by atoms with Crippen molar-refractivity contribution < 1.29 is 14.5 Å². The number of ether oxygens (including phenoxy) is 1. The van der Waals surface area contributed by atoms with Gasteiger partial charge in [0.25, 0.3) is 11.6 Å². The number of carbonyl (C=O) groups excluding carboxylic acids is 1. The van der Waals surface area contributed by atoms with Gasteiger partial charge in [0.2, 0.25) is 5.88 Å². The van der Waals surface area contributed by atoms with E-state index < -0.39 is 4.92 Å². The van der Waals surface area contributed by atoms with Gasteiger partial charge in [-0.1, -0.05) is 0 Å². The number of aromatic nitrogens is 1. The monoisotopic (exact) mass is 395 g/mol. The highest BCUT2D eigenvalue weighted by atomic mass is 16.6. The van der Waals surface area contributed by atoms with Crippen molar-refractivity contribution >= 4 is 17.3 Å². The molecule has 2 N–H and O–H groups in total. The van der Waals surface area contributed by atoms with E-state index in [-0.39, 0.29) is 29.2 Å². The molecule has 0 aliphatic heterocycles. The van der Waals surface area contributed by atoms with Crippen LogP contribution < -0.4 is 15.4 Å². The summed E-state index contributed by atoms with van der Waals surface area (Å²) in [7, 11) is 1.52. The molecule has 0 bridgehead atoms. The lowest BCUT2D eigenvalue weighted by Crippen LogP contribution is -2.40. The molecule has 1 aliphatic rings. The number of amides is 1. The molecule has 29 heavy (non-hydrogen) atoms. The molecule has 1 heterocycles. The van der Waals surface area contributed by atoms with E-state index in [1.807, 2.05) is 6.07 Å². The molecule has 0 atom stereocenters. The van der Waals surface area contributed by atoms with Crippen molar-refractivity contribution in [2.75, 3.05) is 12.4 Å². The Balaban J connectivity index is 1.53. The van der Waals surface area contributed by atoms with Crippen LogP contribution in [0.25, 0.3) is 0 Å². The summed E-state index contributed by atoms with van der Waals surface area (Å²) in [5, 5.41) is 26.5. The Morgan fingerprint density at radius 2 is 1.97 bits per heavy atom. The number of nitriles is 1. The number of hydrogen-bond acceptors (Lipinski definition) is 7. The summed E-state index contributed by atoms with van der Waals surface area (Å²) in [5.74, 6) is 0.287. The van der Waals surface area contributed by atoms with Crippen molar-refractivity contribution in [2.45, 2.75) is 37.8 Å². The number of nitrogens with one attached hydrogen (secondary N) is 2. The summed E-state index contributed by atoms with van der Waals surface area (Å²) in [6.45, 7) is 0. The van der Waals surface area contributed by atoms with Crippen LogP contribution in [0, 0.1) is 21.4 Å². The van der Waals surface area contributed by atoms with Gasteiger partial charge in [0.05, 0.1) is 28.8 Å². The standard InChI is InChI=1S/C20H21N5O4/c1-29-19-9-2-13(12-22-19)20(26)24-16-5-3-15(4-6-16)23-18-8-7-17(25(27)28)10-14(18)11-21/h2,7-10,12,15-16,23H,3-6H2,1H3,(H,24,26). The molecule has 2 aromatic rings. The maximum Gasteiger partial charge on any atom is 0.270 e. The second-order valence-electron chi connectivity index (χ2n) is 6.85. The van der Waals surface area contributed by atoms with E-state index in [9.17, 15) is 20.2 Å². The van der Waals surface area contributed by atoms with Crippen LogP contribution in [0.1, 0.15) is 41.6 Å². The van der Waals surface area contributed by atoms with E-state index in [2.05, 4.69) is 15.6 Å². The predicted octanol–water partition coefficient (Wildman–Crippen LogP) is 3.02. The van der Waals surface area contributed by atoms with Crippen LogP contribution in [0.5, 0.6) is 5.88 Å². The summed E-state index contributed by atoms with van der Waals surface area (Å²) in [6, 6.07) is 9.76. The zero-order valence-electron chi connectivity index (χ0n) is 15.9. The molecule has 1 aromatic carbocycles. The third-order valence-corrected chi connectivity index (χ3v) is 4.96. The molecule has 1 amide bonds. The molecule has 150 valence electrons. The molecule has 0 spiro atoms. The van der Waals surface area contributed by atoms with Crippen molar-refractivity contribution in [3.05, 3.63) is 57.8 Å². The van der Waals surface area contributed by atoms with Gasteiger partial charge in [0, 0.05) is 36.5 Å². The van der Waals surface area contributed by atoms with Crippen LogP contribution in [0.3, 0.4) is 0 Å². The van der Waals surface area contributed by atoms with Crippen molar-refractivity contribution in [1.82, 2.24) is 10.3 Å². The molecular weight excluding hydrogens is 374 g/mol. The normalized spacial score (nSPS) is 18.3. The van der Waals surface area contributed by atoms with Crippen LogP contribution >= 0.6 is 0 Å². The number of non-ortho nitro benzene ring substituents is 1. The summed E-state index contributed by atoms with van der Waals surface area (Å²) in [6.07, 6.45) is 4.70. The number of benzene rings is 1. The van der Waals surface area contributed by atoms with Gasteiger partial charge < -0.3 is 15.4 Å². The zero-order chi connectivity index (χ0) is 20.8. The van der Waals surface area contributed by atoms with E-state index in [1.165, 1.54) is 25.4 Å². The van der Waals surface area contributed by atoms with Crippen LogP contribution in [0.15, 0.2) is 36.5 Å². The summed E-state index contributed by atoms with van der Waals surface area (Å²) >= 11 is 0. The summed E-state index contributed by atoms with van der Waals surface area (Å²) < 4.78 is 4.99. The van der Waals surface area contributed by atoms with Gasteiger partial charge in [0.1, 0.15) is 6.07 Å². The molecule has 3 rings (SSSR count). The van der Waals surface area contributed by atoms with Gasteiger partial charge >= 0.3 is 0 Å². The van der Waals surface area contributed by atoms with Gasteiger partial charge in [-0.2, -0.15) is 5.26 Å². The highest BCUT2D eigenvalue weighted by Gasteiger charge is 2.24. The first-order chi connectivity index (χ1) is 14.0. The van der Waals surface area contributed by atoms with E-state index in [0.29, 0.717) is 17.1 Å². The van der Waals surface area contributed by atoms with Crippen molar-refractivity contribution in [3.63, 3.8) is 0 Å². The van der Waals surface area contributed by atoms with Crippen LogP contribution in [0.2, 0.25) is 0 Å². The Morgan fingerprint density at radius 3 is 2.55 bits per heavy atom. The average molecular weight is 395 g/mol. The minimum Gasteiger partial charge on any atom is -0.481 e. The number of nitro benzene ring substituents is 1. The molecule has 9 nitrogen and oxygen atoms in total. The third kappa shape index (κ3) is 4.99. The van der Waals surface area contributed by atoms with Crippen LogP contribution in [0.4, 0.5) is 11.4 Å². The zero-order valence-corrected chi connectivity index (χ0v) is 15.9. The minimum absolute atomic E-state index is 0.0648. The molecule has 1 aromatic heterocycles. The first kappa shape index (κ1) is 20.1. The third-order valence-electron chi connectivity index (χ3n) is 4.96. The average Bonchev–Trinajstić information content (AvgIpc) is 2.75. The second-order valence-corrected chi connectivity index (χ2v) is 6.85. The number of methoxy groups -OCH3 is 1. The lowest BCUT2D eigenvalue weighted by Gasteiger charge is -2.30. The Kier molecular flexibility index (Phi) is 6.24. The molecule has 0 radical (unpaired) electrons. The van der Waals surface area contributed by atoms with E-state index in [4.69, 9.17) is 4.74 Å². The number of anilines is 1. The maximum atomic E-state index is 12.4. The first-order valence-electron chi connectivity index (χ1n) is 9.26.